The summed E-state index contributed by atoms with van der Waals surface area (Å²) in [7, 11) is -2.23. The van der Waals surface area contributed by atoms with Crippen molar-refractivity contribution in [1.82, 2.24) is 0 Å². The van der Waals surface area contributed by atoms with Gasteiger partial charge in [0.1, 0.15) is 0 Å². The van der Waals surface area contributed by atoms with Gasteiger partial charge in [-0.2, -0.15) is 0 Å². The molecule has 0 saturated heterocycles. The zero-order valence-electron chi connectivity index (χ0n) is 16.9. The third-order valence-corrected chi connectivity index (χ3v) is 6.59. The Labute approximate surface area is 172 Å². The molecule has 1 amide bonds. The van der Waals surface area contributed by atoms with E-state index in [0.29, 0.717) is 11.3 Å². The SMILES string of the molecule is Cc1cc(C)c(NC(=O)c2cccc(N(C)S(=O)(=O)c3ccccc3)c2)c(C)c1. The standard InChI is InChI=1S/C23H24N2O3S/c1-16-13-17(2)22(18(3)14-16)24-23(26)19-9-8-10-20(15-19)25(4)29(27,28)21-11-6-5-7-12-21/h5-15H,1-4H3,(H,24,26). The van der Waals surface area contributed by atoms with Crippen LogP contribution in [0.15, 0.2) is 71.6 Å². The number of hydrogen-bond acceptors (Lipinski definition) is 3. The van der Waals surface area contributed by atoms with Crippen molar-refractivity contribution in [3.63, 3.8) is 0 Å². The molecule has 0 spiro atoms. The fraction of sp³-hybridized carbons (Fsp3) is 0.174. The first-order valence-electron chi connectivity index (χ1n) is 9.23. The van der Waals surface area contributed by atoms with E-state index in [4.69, 9.17) is 0 Å². The summed E-state index contributed by atoms with van der Waals surface area (Å²) >= 11 is 0. The van der Waals surface area contributed by atoms with Gasteiger partial charge in [-0.1, -0.05) is 42.0 Å². The summed E-state index contributed by atoms with van der Waals surface area (Å²) < 4.78 is 26.9. The highest BCUT2D eigenvalue weighted by molar-refractivity contribution is 7.92. The molecular formula is C23H24N2O3S. The number of rotatable bonds is 5. The number of amides is 1. The molecule has 3 aromatic carbocycles. The van der Waals surface area contributed by atoms with Crippen molar-refractivity contribution in [3.8, 4) is 0 Å². The molecule has 0 aliphatic rings. The lowest BCUT2D eigenvalue weighted by Gasteiger charge is -2.20. The van der Waals surface area contributed by atoms with E-state index < -0.39 is 10.0 Å². The maximum atomic E-state index is 12.9. The van der Waals surface area contributed by atoms with E-state index in [1.54, 1.807) is 54.6 Å². The summed E-state index contributed by atoms with van der Waals surface area (Å²) in [4.78, 5) is 13.0. The fourth-order valence-corrected chi connectivity index (χ4v) is 4.50. The van der Waals surface area contributed by atoms with Gasteiger partial charge in [-0.15, -0.1) is 0 Å². The van der Waals surface area contributed by atoms with Crippen molar-refractivity contribution in [2.24, 2.45) is 0 Å². The van der Waals surface area contributed by atoms with Crippen molar-refractivity contribution in [2.75, 3.05) is 16.7 Å². The number of benzene rings is 3. The molecule has 0 aromatic heterocycles. The molecule has 0 bridgehead atoms. The maximum absolute atomic E-state index is 12.9. The molecule has 0 aliphatic carbocycles. The van der Waals surface area contributed by atoms with Crippen LogP contribution in [0.2, 0.25) is 0 Å². The molecule has 150 valence electrons. The van der Waals surface area contributed by atoms with Crippen LogP contribution in [0.5, 0.6) is 0 Å². The van der Waals surface area contributed by atoms with E-state index in [1.807, 2.05) is 32.9 Å². The Morgan fingerprint density at radius 2 is 1.48 bits per heavy atom. The number of anilines is 2. The number of aryl methyl sites for hydroxylation is 3. The fourth-order valence-electron chi connectivity index (χ4n) is 3.30. The lowest BCUT2D eigenvalue weighted by molar-refractivity contribution is 0.102. The third-order valence-electron chi connectivity index (χ3n) is 4.79. The number of nitrogens with one attached hydrogen (secondary N) is 1. The van der Waals surface area contributed by atoms with Crippen LogP contribution in [-0.4, -0.2) is 21.4 Å². The van der Waals surface area contributed by atoms with E-state index >= 15 is 0 Å². The topological polar surface area (TPSA) is 66.5 Å². The van der Waals surface area contributed by atoms with E-state index in [0.717, 1.165) is 22.4 Å². The zero-order chi connectivity index (χ0) is 21.2. The summed E-state index contributed by atoms with van der Waals surface area (Å²) in [6.07, 6.45) is 0. The van der Waals surface area contributed by atoms with Crippen LogP contribution in [0.4, 0.5) is 11.4 Å². The van der Waals surface area contributed by atoms with Gasteiger partial charge in [0.2, 0.25) is 0 Å². The van der Waals surface area contributed by atoms with Crippen LogP contribution in [-0.2, 0) is 10.0 Å². The molecule has 0 atom stereocenters. The molecule has 0 unspecified atom stereocenters. The van der Waals surface area contributed by atoms with E-state index in [2.05, 4.69) is 5.32 Å². The minimum absolute atomic E-state index is 0.197. The van der Waals surface area contributed by atoms with E-state index in [-0.39, 0.29) is 10.8 Å². The monoisotopic (exact) mass is 408 g/mol. The van der Waals surface area contributed by atoms with Gasteiger partial charge >= 0.3 is 0 Å². The Kier molecular flexibility index (Phi) is 5.75. The van der Waals surface area contributed by atoms with Gasteiger partial charge < -0.3 is 5.32 Å². The number of hydrogen-bond donors (Lipinski definition) is 1. The smallest absolute Gasteiger partial charge is 0.264 e. The summed E-state index contributed by atoms with van der Waals surface area (Å²) in [6.45, 7) is 5.91. The third kappa shape index (κ3) is 4.32. The van der Waals surface area contributed by atoms with E-state index in [9.17, 15) is 13.2 Å². The van der Waals surface area contributed by atoms with Crippen molar-refractivity contribution in [1.29, 1.82) is 0 Å². The summed E-state index contributed by atoms with van der Waals surface area (Å²) in [5.41, 5.74) is 4.67. The predicted molar refractivity (Wildman–Crippen MR) is 117 cm³/mol. The van der Waals surface area contributed by atoms with Crippen molar-refractivity contribution < 1.29 is 13.2 Å². The molecule has 3 aromatic rings. The number of sulfonamides is 1. The maximum Gasteiger partial charge on any atom is 0.264 e. The van der Waals surface area contributed by atoms with Crippen LogP contribution < -0.4 is 9.62 Å². The van der Waals surface area contributed by atoms with Crippen LogP contribution >= 0.6 is 0 Å². The Morgan fingerprint density at radius 3 is 2.10 bits per heavy atom. The quantitative estimate of drug-likeness (QED) is 0.666. The number of carbonyl (C=O) groups excluding carboxylic acids is 1. The average Bonchev–Trinajstić information content (AvgIpc) is 2.70. The van der Waals surface area contributed by atoms with Crippen LogP contribution in [0.3, 0.4) is 0 Å². The van der Waals surface area contributed by atoms with Crippen LogP contribution in [0, 0.1) is 20.8 Å². The Morgan fingerprint density at radius 1 is 0.862 bits per heavy atom. The molecule has 0 heterocycles. The first-order valence-corrected chi connectivity index (χ1v) is 10.7. The molecule has 0 radical (unpaired) electrons. The van der Waals surface area contributed by atoms with Crippen molar-refractivity contribution >= 4 is 27.3 Å². The van der Waals surface area contributed by atoms with Gasteiger partial charge in [0.05, 0.1) is 10.6 Å². The zero-order valence-corrected chi connectivity index (χ0v) is 17.7. The summed E-state index contributed by atoms with van der Waals surface area (Å²) in [6, 6.07) is 18.8. The summed E-state index contributed by atoms with van der Waals surface area (Å²) in [5.74, 6) is -0.285. The van der Waals surface area contributed by atoms with Gasteiger partial charge in [-0.3, -0.25) is 9.10 Å². The van der Waals surface area contributed by atoms with Crippen molar-refractivity contribution in [3.05, 3.63) is 89.0 Å². The molecule has 0 aliphatic heterocycles. The molecule has 6 heteroatoms. The molecule has 0 fully saturated rings. The normalized spacial score (nSPS) is 11.2. The Balaban J connectivity index is 1.89. The second kappa shape index (κ2) is 8.09. The molecule has 29 heavy (non-hydrogen) atoms. The highest BCUT2D eigenvalue weighted by Crippen LogP contribution is 2.25. The highest BCUT2D eigenvalue weighted by Gasteiger charge is 2.21. The number of nitrogens with zero attached hydrogens (tertiary/aromatic N) is 1. The summed E-state index contributed by atoms with van der Waals surface area (Å²) in [5, 5.41) is 2.95. The second-order valence-electron chi connectivity index (χ2n) is 7.06. The Bertz CT molecular complexity index is 1130. The first-order chi connectivity index (χ1) is 13.7. The minimum atomic E-state index is -3.71. The van der Waals surface area contributed by atoms with Gasteiger partial charge in [-0.25, -0.2) is 8.42 Å². The predicted octanol–water partition coefficient (Wildman–Crippen LogP) is 4.69. The lowest BCUT2D eigenvalue weighted by Crippen LogP contribution is -2.26. The first kappa shape index (κ1) is 20.6. The molecular weight excluding hydrogens is 384 g/mol. The molecule has 1 N–H and O–H groups in total. The van der Waals surface area contributed by atoms with Crippen LogP contribution in [0.1, 0.15) is 27.0 Å². The molecule has 5 nitrogen and oxygen atoms in total. The second-order valence-corrected chi connectivity index (χ2v) is 9.03. The van der Waals surface area contributed by atoms with Crippen molar-refractivity contribution in [2.45, 2.75) is 25.7 Å². The van der Waals surface area contributed by atoms with Gasteiger partial charge in [0.25, 0.3) is 15.9 Å². The highest BCUT2D eigenvalue weighted by atomic mass is 32.2. The van der Waals surface area contributed by atoms with E-state index in [1.165, 1.54) is 11.4 Å². The Hall–Kier alpha value is -3.12. The van der Waals surface area contributed by atoms with Gasteiger partial charge in [-0.05, 0) is 62.2 Å². The lowest BCUT2D eigenvalue weighted by atomic mass is 10.0. The average molecular weight is 409 g/mol. The molecule has 3 rings (SSSR count). The minimum Gasteiger partial charge on any atom is -0.322 e. The largest absolute Gasteiger partial charge is 0.322 e. The van der Waals surface area contributed by atoms with Crippen LogP contribution in [0.25, 0.3) is 0 Å². The van der Waals surface area contributed by atoms with Gasteiger partial charge in [0, 0.05) is 18.3 Å². The number of carbonyl (C=O) groups is 1. The molecule has 0 saturated carbocycles. The van der Waals surface area contributed by atoms with Gasteiger partial charge in [0.15, 0.2) is 0 Å².